The molecule has 21 heavy (non-hydrogen) atoms. The van der Waals surface area contributed by atoms with Gasteiger partial charge in [-0.3, -0.25) is 20.4 Å². The second-order valence-electron chi connectivity index (χ2n) is 4.27. The number of hydrogen-bond acceptors (Lipinski definition) is 4. The van der Waals surface area contributed by atoms with Crippen molar-refractivity contribution < 1.29 is 24.2 Å². The van der Waals surface area contributed by atoms with Crippen molar-refractivity contribution in [2.24, 2.45) is 0 Å². The van der Waals surface area contributed by atoms with E-state index in [1.165, 1.54) is 0 Å². The van der Waals surface area contributed by atoms with E-state index < -0.39 is 17.8 Å². The highest BCUT2D eigenvalue weighted by molar-refractivity contribution is 5.94. The molecule has 0 aliphatic rings. The predicted molar refractivity (Wildman–Crippen MR) is 74.5 cm³/mol. The molecule has 0 radical (unpaired) electrons. The van der Waals surface area contributed by atoms with E-state index in [0.29, 0.717) is 11.8 Å². The van der Waals surface area contributed by atoms with Crippen molar-refractivity contribution in [2.75, 3.05) is 6.61 Å². The third-order valence-electron chi connectivity index (χ3n) is 2.40. The second kappa shape index (κ2) is 7.68. The minimum atomic E-state index is -1.25. The van der Waals surface area contributed by atoms with Gasteiger partial charge < -0.3 is 9.84 Å². The van der Waals surface area contributed by atoms with Crippen LogP contribution in [0.5, 0.6) is 5.75 Å². The lowest BCUT2D eigenvalue weighted by Gasteiger charge is -2.10. The molecule has 7 nitrogen and oxygen atoms in total. The van der Waals surface area contributed by atoms with Gasteiger partial charge in [-0.05, 0) is 31.0 Å². The Hall–Kier alpha value is -2.83. The second-order valence-corrected chi connectivity index (χ2v) is 4.27. The molecule has 0 atom stereocenters. The Balaban J connectivity index is 2.39. The van der Waals surface area contributed by atoms with Crippen molar-refractivity contribution in [2.45, 2.75) is 13.8 Å². The lowest BCUT2D eigenvalue weighted by Crippen LogP contribution is -2.43. The third-order valence-corrected chi connectivity index (χ3v) is 2.40. The zero-order chi connectivity index (χ0) is 15.8. The Kier molecular flexibility index (Phi) is 5.94. The van der Waals surface area contributed by atoms with E-state index in [2.05, 4.69) is 5.43 Å². The van der Waals surface area contributed by atoms with Crippen molar-refractivity contribution in [3.63, 3.8) is 0 Å². The van der Waals surface area contributed by atoms with Gasteiger partial charge in [0.1, 0.15) is 5.75 Å². The summed E-state index contributed by atoms with van der Waals surface area (Å²) in [5, 5.41) is 8.32. The highest BCUT2D eigenvalue weighted by Gasteiger charge is 2.06. The number of rotatable bonds is 5. The van der Waals surface area contributed by atoms with Gasteiger partial charge in [0.05, 0.1) is 0 Å². The Labute approximate surface area is 121 Å². The first-order valence-electron chi connectivity index (χ1n) is 6.08. The van der Waals surface area contributed by atoms with Crippen molar-refractivity contribution >= 4 is 17.8 Å². The molecule has 1 aromatic rings. The number of amides is 2. The summed E-state index contributed by atoms with van der Waals surface area (Å²) in [6.07, 6.45) is 1.45. The van der Waals surface area contributed by atoms with Gasteiger partial charge in [0, 0.05) is 12.2 Å². The van der Waals surface area contributed by atoms with Crippen LogP contribution in [0.15, 0.2) is 30.4 Å². The van der Waals surface area contributed by atoms with Gasteiger partial charge in [0.25, 0.3) is 11.8 Å². The summed E-state index contributed by atoms with van der Waals surface area (Å²) in [5.74, 6) is -1.98. The van der Waals surface area contributed by atoms with E-state index in [4.69, 9.17) is 9.84 Å². The fourth-order valence-corrected chi connectivity index (χ4v) is 1.36. The summed E-state index contributed by atoms with van der Waals surface area (Å²) < 4.78 is 5.33. The van der Waals surface area contributed by atoms with Crippen molar-refractivity contribution in [1.29, 1.82) is 0 Å². The molecule has 0 fully saturated rings. The molecule has 0 unspecified atom stereocenters. The van der Waals surface area contributed by atoms with Crippen LogP contribution < -0.4 is 15.6 Å². The summed E-state index contributed by atoms with van der Waals surface area (Å²) in [4.78, 5) is 32.8. The first-order chi connectivity index (χ1) is 9.88. The zero-order valence-corrected chi connectivity index (χ0v) is 11.7. The van der Waals surface area contributed by atoms with Crippen molar-refractivity contribution in [3.8, 4) is 5.75 Å². The molecule has 0 saturated carbocycles. The molecule has 0 spiro atoms. The number of aryl methyl sites for hydroxylation is 2. The molecule has 112 valence electrons. The molecule has 0 heterocycles. The Morgan fingerprint density at radius 1 is 1.19 bits per heavy atom. The molecule has 0 aromatic heterocycles. The number of hydrogen-bond donors (Lipinski definition) is 3. The highest BCUT2D eigenvalue weighted by Crippen LogP contribution is 2.18. The SMILES string of the molecule is Cc1ccc(C)c(OCC(=O)NNC(=O)C=CC(=O)O)c1. The largest absolute Gasteiger partial charge is 0.483 e. The summed E-state index contributed by atoms with van der Waals surface area (Å²) in [6.45, 7) is 3.49. The molecule has 2 amide bonds. The fourth-order valence-electron chi connectivity index (χ4n) is 1.36. The van der Waals surface area contributed by atoms with Crippen LogP contribution in [-0.4, -0.2) is 29.5 Å². The maximum absolute atomic E-state index is 11.5. The molecule has 0 aliphatic heterocycles. The van der Waals surface area contributed by atoms with E-state index in [0.717, 1.165) is 17.2 Å². The van der Waals surface area contributed by atoms with Gasteiger partial charge in [-0.2, -0.15) is 0 Å². The summed E-state index contributed by atoms with van der Waals surface area (Å²) in [7, 11) is 0. The van der Waals surface area contributed by atoms with Gasteiger partial charge >= 0.3 is 5.97 Å². The van der Waals surface area contributed by atoms with Gasteiger partial charge in [0.2, 0.25) is 0 Å². The smallest absolute Gasteiger partial charge is 0.328 e. The number of carbonyl (C=O) groups is 3. The molecule has 0 saturated heterocycles. The third kappa shape index (κ3) is 6.24. The number of carboxylic acid groups (broad SMARTS) is 1. The number of carboxylic acids is 1. The number of benzene rings is 1. The number of ether oxygens (including phenoxy) is 1. The van der Waals surface area contributed by atoms with E-state index in [1.807, 2.05) is 31.4 Å². The van der Waals surface area contributed by atoms with Crippen molar-refractivity contribution in [1.82, 2.24) is 10.9 Å². The van der Waals surface area contributed by atoms with Gasteiger partial charge in [-0.25, -0.2) is 4.79 Å². The average molecular weight is 292 g/mol. The van der Waals surface area contributed by atoms with E-state index in [1.54, 1.807) is 6.07 Å². The lowest BCUT2D eigenvalue weighted by molar-refractivity contribution is -0.131. The van der Waals surface area contributed by atoms with Crippen LogP contribution in [0.1, 0.15) is 11.1 Å². The quantitative estimate of drug-likeness (QED) is 0.540. The monoisotopic (exact) mass is 292 g/mol. The van der Waals surface area contributed by atoms with E-state index >= 15 is 0 Å². The summed E-state index contributed by atoms with van der Waals surface area (Å²) in [6, 6.07) is 5.61. The number of aliphatic carboxylic acids is 1. The maximum Gasteiger partial charge on any atom is 0.328 e. The van der Waals surface area contributed by atoms with Crippen LogP contribution in [0.2, 0.25) is 0 Å². The molecule has 1 aromatic carbocycles. The molecule has 0 aliphatic carbocycles. The zero-order valence-electron chi connectivity index (χ0n) is 11.7. The molecule has 7 heteroatoms. The number of carbonyl (C=O) groups excluding carboxylic acids is 2. The minimum Gasteiger partial charge on any atom is -0.483 e. The van der Waals surface area contributed by atoms with Crippen LogP contribution in [0, 0.1) is 13.8 Å². The molecule has 1 rings (SSSR count). The summed E-state index contributed by atoms with van der Waals surface area (Å²) >= 11 is 0. The van der Waals surface area contributed by atoms with Crippen molar-refractivity contribution in [3.05, 3.63) is 41.5 Å². The van der Waals surface area contributed by atoms with E-state index in [9.17, 15) is 14.4 Å². The number of hydrazine groups is 1. The molecule has 0 bridgehead atoms. The minimum absolute atomic E-state index is 0.271. The van der Waals surface area contributed by atoms with Crippen LogP contribution in [0.4, 0.5) is 0 Å². The first-order valence-corrected chi connectivity index (χ1v) is 6.08. The van der Waals surface area contributed by atoms with Crippen LogP contribution >= 0.6 is 0 Å². The Bertz CT molecular complexity index is 581. The first kappa shape index (κ1) is 16.2. The van der Waals surface area contributed by atoms with Gasteiger partial charge in [-0.1, -0.05) is 12.1 Å². The lowest BCUT2D eigenvalue weighted by atomic mass is 10.1. The molecular formula is C14H16N2O5. The van der Waals surface area contributed by atoms with Crippen LogP contribution in [-0.2, 0) is 14.4 Å². The van der Waals surface area contributed by atoms with Gasteiger partial charge in [0.15, 0.2) is 6.61 Å². The summed E-state index contributed by atoms with van der Waals surface area (Å²) in [5.41, 5.74) is 6.03. The Morgan fingerprint density at radius 3 is 2.57 bits per heavy atom. The van der Waals surface area contributed by atoms with Crippen LogP contribution in [0.3, 0.4) is 0 Å². The molecular weight excluding hydrogens is 276 g/mol. The standard InChI is InChI=1S/C14H16N2O5/c1-9-3-4-10(2)11(7-9)21-8-13(18)16-15-12(17)5-6-14(19)20/h3-7H,8H2,1-2H3,(H,15,17)(H,16,18)(H,19,20). The Morgan fingerprint density at radius 2 is 1.90 bits per heavy atom. The number of nitrogens with one attached hydrogen (secondary N) is 2. The topological polar surface area (TPSA) is 105 Å². The van der Waals surface area contributed by atoms with Crippen LogP contribution in [0.25, 0.3) is 0 Å². The fraction of sp³-hybridized carbons (Fsp3) is 0.214. The maximum atomic E-state index is 11.5. The predicted octanol–water partition coefficient (Wildman–Crippen LogP) is 0.470. The average Bonchev–Trinajstić information content (AvgIpc) is 2.43. The van der Waals surface area contributed by atoms with Gasteiger partial charge in [-0.15, -0.1) is 0 Å². The highest BCUT2D eigenvalue weighted by atomic mass is 16.5. The molecule has 3 N–H and O–H groups in total. The normalized spacial score (nSPS) is 10.2. The van der Waals surface area contributed by atoms with E-state index in [-0.39, 0.29) is 6.61 Å².